The van der Waals surface area contributed by atoms with Gasteiger partial charge >= 0.3 is 0 Å². The van der Waals surface area contributed by atoms with Crippen molar-refractivity contribution in [3.63, 3.8) is 0 Å². The summed E-state index contributed by atoms with van der Waals surface area (Å²) in [6.07, 6.45) is 5.68. The van der Waals surface area contributed by atoms with Crippen LogP contribution in [0.1, 0.15) is 56.4 Å². The summed E-state index contributed by atoms with van der Waals surface area (Å²) in [5, 5.41) is 10.1. The Morgan fingerprint density at radius 3 is 0.823 bits per heavy atom. The first-order chi connectivity index (χ1) is 55.9. The lowest BCUT2D eigenvalue weighted by atomic mass is 9.64. The molecule has 1 unspecified atom stereocenters. The average molecular weight is 1460 g/mol. The van der Waals surface area contributed by atoms with Crippen LogP contribution >= 0.6 is 0 Å². The fourth-order valence-corrected chi connectivity index (χ4v) is 20.4. The number of aromatic nitrogens is 4. The minimum atomic E-state index is -0.836. The zero-order chi connectivity index (χ0) is 75.2. The zero-order valence-electron chi connectivity index (χ0n) is 63.8. The van der Waals surface area contributed by atoms with Crippen molar-refractivity contribution in [1.29, 1.82) is 0 Å². The summed E-state index contributed by atoms with van der Waals surface area (Å²) in [6.45, 7) is 12.5. The Hall–Kier alpha value is -13.8. The normalized spacial score (nSPS) is 14.0. The van der Waals surface area contributed by atoms with Crippen LogP contribution in [0.3, 0.4) is 0 Å². The SMILES string of the molecule is CCn1c2ccccc2c2ccc(N(C3=CC=C4c5ccc(N(c6ccccc6)c6ccc7c8ccccc8n(CC)c7c6)cc5C5(c6cc(N(c7ccccc7)c7ccc8c9ccccc9n(CC)c8c7)ccc6-c6ccc(N(c7ccccc7)c7ccc8c9ccccc9n(CC)c8c7)cc65)C4C3)c3ccccc3)cc21. The summed E-state index contributed by atoms with van der Waals surface area (Å²) >= 11 is 0. The Balaban J connectivity index is 0.827. The molecule has 3 aliphatic rings. The van der Waals surface area contributed by atoms with Crippen molar-refractivity contribution in [2.45, 2.75) is 65.7 Å². The molecule has 0 amide bonds. The van der Waals surface area contributed by atoms with E-state index in [1.165, 1.54) is 132 Å². The van der Waals surface area contributed by atoms with E-state index in [9.17, 15) is 0 Å². The number of aryl methyl sites for hydroxylation is 4. The maximum Gasteiger partial charge on any atom is 0.0544 e. The maximum absolute atomic E-state index is 2.62. The number of fused-ring (bicyclic) bond motifs is 22. The third-order valence-electron chi connectivity index (χ3n) is 25.1. The van der Waals surface area contributed by atoms with Crippen molar-refractivity contribution < 1.29 is 0 Å². The van der Waals surface area contributed by atoms with Gasteiger partial charge in [0, 0.05) is 166 Å². The van der Waals surface area contributed by atoms with Crippen LogP contribution in [-0.4, -0.2) is 18.3 Å². The molecule has 113 heavy (non-hydrogen) atoms. The fraction of sp³-hybridized carbons (Fsp3) is 0.105. The van der Waals surface area contributed by atoms with Crippen LogP contribution in [0.4, 0.5) is 62.6 Å². The number of hydrogen-bond donors (Lipinski definition) is 0. The van der Waals surface area contributed by atoms with E-state index < -0.39 is 5.41 Å². The molecular weight excluding hydrogens is 1370 g/mol. The molecule has 0 saturated heterocycles. The second-order valence-corrected chi connectivity index (χ2v) is 30.6. The quantitative estimate of drug-likeness (QED) is 0.0965. The summed E-state index contributed by atoms with van der Waals surface area (Å²) < 4.78 is 9.95. The molecule has 4 heterocycles. The van der Waals surface area contributed by atoms with Crippen molar-refractivity contribution in [2.24, 2.45) is 5.92 Å². The second-order valence-electron chi connectivity index (χ2n) is 30.6. The molecule has 4 aromatic heterocycles. The van der Waals surface area contributed by atoms with Crippen LogP contribution in [0.25, 0.3) is 104 Å². The molecule has 3 aliphatic carbocycles. The maximum atomic E-state index is 2.62. The van der Waals surface area contributed by atoms with Crippen LogP contribution in [0, 0.1) is 5.92 Å². The minimum absolute atomic E-state index is 0.138. The molecule has 1 atom stereocenters. The van der Waals surface area contributed by atoms with Crippen LogP contribution in [0.5, 0.6) is 0 Å². The van der Waals surface area contributed by atoms with Crippen LogP contribution in [-0.2, 0) is 31.6 Å². The Bertz CT molecular complexity index is 6900. The van der Waals surface area contributed by atoms with Crippen LogP contribution in [0.2, 0.25) is 0 Å². The van der Waals surface area contributed by atoms with Crippen LogP contribution in [0.15, 0.2) is 364 Å². The Kier molecular flexibility index (Phi) is 15.3. The van der Waals surface area contributed by atoms with Crippen molar-refractivity contribution in [3.05, 3.63) is 386 Å². The molecule has 0 radical (unpaired) electrons. The van der Waals surface area contributed by atoms with E-state index in [0.29, 0.717) is 6.42 Å². The van der Waals surface area contributed by atoms with Gasteiger partial charge in [0.15, 0.2) is 0 Å². The number of anilines is 11. The highest BCUT2D eigenvalue weighted by molar-refractivity contribution is 6.13. The van der Waals surface area contributed by atoms with Crippen molar-refractivity contribution in [1.82, 2.24) is 18.3 Å². The molecule has 8 heteroatoms. The highest BCUT2D eigenvalue weighted by atomic mass is 15.2. The van der Waals surface area contributed by atoms with Gasteiger partial charge in [-0.2, -0.15) is 0 Å². The first-order valence-corrected chi connectivity index (χ1v) is 40.2. The number of benzene rings is 15. The molecule has 0 bridgehead atoms. The van der Waals surface area contributed by atoms with Gasteiger partial charge in [0.2, 0.25) is 0 Å². The van der Waals surface area contributed by atoms with Crippen molar-refractivity contribution in [2.75, 3.05) is 19.6 Å². The largest absolute Gasteiger partial charge is 0.341 e. The molecule has 0 N–H and O–H groups in total. The summed E-state index contributed by atoms with van der Waals surface area (Å²) in [7, 11) is 0. The molecular formula is C105H82N8. The zero-order valence-corrected chi connectivity index (χ0v) is 63.8. The van der Waals surface area contributed by atoms with E-state index in [0.717, 1.165) is 88.7 Å². The number of nitrogens with zero attached hydrogens (tertiary/aromatic N) is 8. The number of hydrogen-bond acceptors (Lipinski definition) is 4. The second kappa shape index (κ2) is 26.2. The number of allylic oxidation sites excluding steroid dienone is 4. The molecule has 0 fully saturated rings. The van der Waals surface area contributed by atoms with Gasteiger partial charge in [-0.15, -0.1) is 0 Å². The Morgan fingerprint density at radius 2 is 0.496 bits per heavy atom. The predicted molar refractivity (Wildman–Crippen MR) is 476 cm³/mol. The highest BCUT2D eigenvalue weighted by Crippen LogP contribution is 2.68. The predicted octanol–water partition coefficient (Wildman–Crippen LogP) is 28.1. The monoisotopic (exact) mass is 1450 g/mol. The first-order valence-electron chi connectivity index (χ1n) is 40.2. The lowest BCUT2D eigenvalue weighted by Gasteiger charge is -2.40. The molecule has 542 valence electrons. The van der Waals surface area contributed by atoms with Crippen LogP contribution < -0.4 is 19.6 Å². The molecule has 22 rings (SSSR count). The summed E-state index contributed by atoms with van der Waals surface area (Å²) in [4.78, 5) is 10.1. The lowest BCUT2D eigenvalue weighted by Crippen LogP contribution is -2.35. The summed E-state index contributed by atoms with van der Waals surface area (Å²) in [5.74, 6) is -0.138. The Labute approximate surface area is 657 Å². The molecule has 0 aliphatic heterocycles. The van der Waals surface area contributed by atoms with E-state index in [4.69, 9.17) is 0 Å². The minimum Gasteiger partial charge on any atom is -0.341 e. The fourth-order valence-electron chi connectivity index (χ4n) is 20.4. The van der Waals surface area contributed by atoms with E-state index in [2.05, 4.69) is 423 Å². The van der Waals surface area contributed by atoms with Gasteiger partial charge in [0.1, 0.15) is 0 Å². The van der Waals surface area contributed by atoms with Gasteiger partial charge in [-0.05, 0) is 237 Å². The van der Waals surface area contributed by atoms with Gasteiger partial charge in [0.25, 0.3) is 0 Å². The Morgan fingerprint density at radius 1 is 0.239 bits per heavy atom. The average Bonchev–Trinajstić information content (AvgIpc) is 1.50. The molecule has 8 nitrogen and oxygen atoms in total. The first kappa shape index (κ1) is 66.2. The molecule has 0 saturated carbocycles. The number of rotatable bonds is 16. The smallest absolute Gasteiger partial charge is 0.0544 e. The van der Waals surface area contributed by atoms with E-state index >= 15 is 0 Å². The standard InChI is InChI=1S/C105H82N8/c1-5-106-97-41-25-21-37-85(97)89-57-49-77(65-101(89)106)110(69-29-13-9-14-30-69)73-45-53-81-82-54-46-74(111(70-31-15-10-16-32-70)78-50-58-90-86-38-22-26-42-98(86)107(6-2)102(90)66-78)62-94(82)105(93(81)61-73)95-63-75(112(71-33-17-11-18-34-71)79-51-59-91-87-39-23-27-43-99(87)108(7-3)103(91)67-79)47-55-83(95)84-56-48-76(64-96(84)105)113(72-35-19-12-20-36-72)80-52-60-92-88-40-24-28-44-100(88)109(8-4)104(92)68-80/h9-63,65-68,96H,5-8,64H2,1-4H3. The molecule has 1 spiro atoms. The molecule has 15 aromatic carbocycles. The topological polar surface area (TPSA) is 32.7 Å². The lowest BCUT2D eigenvalue weighted by molar-refractivity contribution is 0.483. The van der Waals surface area contributed by atoms with Crippen molar-refractivity contribution >= 4 is 155 Å². The van der Waals surface area contributed by atoms with Gasteiger partial charge in [-0.25, -0.2) is 0 Å². The third-order valence-corrected chi connectivity index (χ3v) is 25.1. The molecule has 19 aromatic rings. The van der Waals surface area contributed by atoms with Gasteiger partial charge in [-0.1, -0.05) is 194 Å². The van der Waals surface area contributed by atoms with E-state index in [1.807, 2.05) is 0 Å². The van der Waals surface area contributed by atoms with Crippen molar-refractivity contribution in [3.8, 4) is 11.1 Å². The number of para-hydroxylation sites is 8. The highest BCUT2D eigenvalue weighted by Gasteiger charge is 2.58. The summed E-state index contributed by atoms with van der Waals surface area (Å²) in [5.41, 5.74) is 31.2. The van der Waals surface area contributed by atoms with E-state index in [1.54, 1.807) is 0 Å². The summed E-state index contributed by atoms with van der Waals surface area (Å²) in [6, 6.07) is 131. The third kappa shape index (κ3) is 9.95. The van der Waals surface area contributed by atoms with Gasteiger partial charge < -0.3 is 37.9 Å². The van der Waals surface area contributed by atoms with Gasteiger partial charge in [0.05, 0.1) is 27.5 Å². The van der Waals surface area contributed by atoms with Gasteiger partial charge in [-0.3, -0.25) is 0 Å². The van der Waals surface area contributed by atoms with E-state index in [-0.39, 0.29) is 5.92 Å².